The molecule has 0 unspecified atom stereocenters. The van der Waals surface area contributed by atoms with Crippen LogP contribution in [0.1, 0.15) is 29.7 Å². The van der Waals surface area contributed by atoms with Gasteiger partial charge in [-0.05, 0) is 49.4 Å². The first kappa shape index (κ1) is 16.1. The van der Waals surface area contributed by atoms with Gasteiger partial charge in [0, 0.05) is 23.7 Å². The lowest BCUT2D eigenvalue weighted by Gasteiger charge is -2.19. The van der Waals surface area contributed by atoms with E-state index in [1.165, 1.54) is 0 Å². The Morgan fingerprint density at radius 1 is 1.04 bits per heavy atom. The zero-order valence-corrected chi connectivity index (χ0v) is 14.7. The Balaban J connectivity index is 1.78. The topological polar surface area (TPSA) is 47.8 Å². The molecule has 5 heteroatoms. The van der Waals surface area contributed by atoms with Crippen LogP contribution in [0, 0.1) is 0 Å². The van der Waals surface area contributed by atoms with Crippen LogP contribution in [0.25, 0.3) is 5.69 Å². The van der Waals surface area contributed by atoms with E-state index in [1.807, 2.05) is 48.7 Å². The number of pyridine rings is 1. The van der Waals surface area contributed by atoms with Gasteiger partial charge in [0.2, 0.25) is 0 Å². The van der Waals surface area contributed by atoms with Gasteiger partial charge in [0.15, 0.2) is 5.16 Å². The number of rotatable bonds is 4. The Morgan fingerprint density at radius 2 is 1.88 bits per heavy atom. The van der Waals surface area contributed by atoms with Gasteiger partial charge in [0.25, 0.3) is 5.56 Å². The third-order valence-corrected chi connectivity index (χ3v) is 5.44. The number of nitrogens with zero attached hydrogens (tertiary/aromatic N) is 3. The molecule has 0 saturated heterocycles. The highest BCUT2D eigenvalue weighted by Gasteiger charge is 2.20. The van der Waals surface area contributed by atoms with Gasteiger partial charge in [0.1, 0.15) is 0 Å². The quantitative estimate of drug-likeness (QED) is 0.531. The molecular formula is C20H19N3OS. The van der Waals surface area contributed by atoms with E-state index in [9.17, 15) is 4.79 Å². The van der Waals surface area contributed by atoms with Gasteiger partial charge in [-0.1, -0.05) is 36.0 Å². The Bertz CT molecular complexity index is 923. The molecule has 2 heterocycles. The van der Waals surface area contributed by atoms with Gasteiger partial charge < -0.3 is 0 Å². The minimum absolute atomic E-state index is 0.0876. The summed E-state index contributed by atoms with van der Waals surface area (Å²) in [5.74, 6) is 0.742. The Kier molecular flexibility index (Phi) is 4.65. The molecular weight excluding hydrogens is 330 g/mol. The van der Waals surface area contributed by atoms with Crippen LogP contribution in [0.2, 0.25) is 0 Å². The number of aromatic nitrogens is 3. The second kappa shape index (κ2) is 7.23. The van der Waals surface area contributed by atoms with Crippen LogP contribution in [0.3, 0.4) is 0 Å². The first-order valence-corrected chi connectivity index (χ1v) is 9.53. The molecule has 0 fully saturated rings. The Labute approximate surface area is 151 Å². The summed E-state index contributed by atoms with van der Waals surface area (Å²) in [6.07, 6.45) is 7.55. The van der Waals surface area contributed by atoms with Crippen molar-refractivity contribution < 1.29 is 0 Å². The molecule has 4 nitrogen and oxygen atoms in total. The Hall–Kier alpha value is -2.40. The maximum absolute atomic E-state index is 13.1. The van der Waals surface area contributed by atoms with E-state index in [2.05, 4.69) is 4.98 Å². The highest BCUT2D eigenvalue weighted by atomic mass is 32.2. The van der Waals surface area contributed by atoms with Crippen molar-refractivity contribution in [1.29, 1.82) is 0 Å². The number of hydrogen-bond acceptors (Lipinski definition) is 4. The molecule has 0 amide bonds. The van der Waals surface area contributed by atoms with Crippen molar-refractivity contribution in [3.05, 3.63) is 82.0 Å². The molecule has 1 aliphatic carbocycles. The van der Waals surface area contributed by atoms with Crippen LogP contribution in [0.15, 0.2) is 64.8 Å². The lowest BCUT2D eigenvalue weighted by molar-refractivity contribution is 0.622. The minimum atomic E-state index is 0.0876. The van der Waals surface area contributed by atoms with E-state index in [-0.39, 0.29) is 5.56 Å². The molecule has 3 aromatic rings. The number of benzene rings is 1. The third kappa shape index (κ3) is 3.37. The average Bonchev–Trinajstić information content (AvgIpc) is 2.68. The highest BCUT2D eigenvalue weighted by molar-refractivity contribution is 7.98. The number of hydrogen-bond donors (Lipinski definition) is 0. The van der Waals surface area contributed by atoms with Crippen LogP contribution in [0.5, 0.6) is 0 Å². The van der Waals surface area contributed by atoms with Gasteiger partial charge in [-0.25, -0.2) is 4.98 Å². The van der Waals surface area contributed by atoms with Crippen molar-refractivity contribution >= 4 is 11.8 Å². The first-order chi connectivity index (χ1) is 12.3. The molecule has 0 radical (unpaired) electrons. The van der Waals surface area contributed by atoms with E-state index in [0.717, 1.165) is 59.1 Å². The lowest BCUT2D eigenvalue weighted by Crippen LogP contribution is -2.29. The molecule has 4 rings (SSSR count). The zero-order valence-electron chi connectivity index (χ0n) is 13.9. The van der Waals surface area contributed by atoms with Gasteiger partial charge in [-0.15, -0.1) is 0 Å². The van der Waals surface area contributed by atoms with Gasteiger partial charge >= 0.3 is 0 Å². The molecule has 0 aliphatic heterocycles. The van der Waals surface area contributed by atoms with Crippen LogP contribution < -0.4 is 5.56 Å². The van der Waals surface area contributed by atoms with E-state index >= 15 is 0 Å². The second-order valence-corrected chi connectivity index (χ2v) is 7.10. The molecule has 0 N–H and O–H groups in total. The van der Waals surface area contributed by atoms with Crippen molar-refractivity contribution in [2.24, 2.45) is 0 Å². The molecule has 0 bridgehead atoms. The molecule has 1 aliphatic rings. The van der Waals surface area contributed by atoms with Crippen LogP contribution in [0.4, 0.5) is 0 Å². The predicted molar refractivity (Wildman–Crippen MR) is 100 cm³/mol. The molecule has 2 aromatic heterocycles. The molecule has 0 spiro atoms. The standard InChI is InChI=1S/C20H19N3OS/c24-19-17-10-4-5-11-18(17)22-20(23(19)16-8-2-1-3-9-16)25-14-15-7-6-12-21-13-15/h1-3,6-9,12-13H,4-5,10-11,14H2. The fourth-order valence-corrected chi connectivity index (χ4v) is 4.12. The predicted octanol–water partition coefficient (Wildman–Crippen LogP) is 3.80. The van der Waals surface area contributed by atoms with E-state index in [4.69, 9.17) is 4.98 Å². The largest absolute Gasteiger partial charge is 0.269 e. The van der Waals surface area contributed by atoms with Crippen molar-refractivity contribution in [3.63, 3.8) is 0 Å². The summed E-state index contributed by atoms with van der Waals surface area (Å²) in [4.78, 5) is 22.2. The maximum Gasteiger partial charge on any atom is 0.262 e. The lowest BCUT2D eigenvalue weighted by atomic mass is 9.97. The number of thioether (sulfide) groups is 1. The number of para-hydroxylation sites is 1. The van der Waals surface area contributed by atoms with Gasteiger partial charge in [-0.2, -0.15) is 0 Å². The maximum atomic E-state index is 13.1. The summed E-state index contributed by atoms with van der Waals surface area (Å²) in [5.41, 5.74) is 3.96. The fraction of sp³-hybridized carbons (Fsp3) is 0.250. The fourth-order valence-electron chi connectivity index (χ4n) is 3.16. The summed E-state index contributed by atoms with van der Waals surface area (Å²) in [7, 11) is 0. The summed E-state index contributed by atoms with van der Waals surface area (Å²) < 4.78 is 1.77. The first-order valence-electron chi connectivity index (χ1n) is 8.55. The average molecular weight is 349 g/mol. The second-order valence-electron chi connectivity index (χ2n) is 6.15. The number of aryl methyl sites for hydroxylation is 1. The van der Waals surface area contributed by atoms with E-state index < -0.39 is 0 Å². The van der Waals surface area contributed by atoms with Crippen molar-refractivity contribution in [2.45, 2.75) is 36.6 Å². The third-order valence-electron chi connectivity index (χ3n) is 4.43. The van der Waals surface area contributed by atoms with Crippen LogP contribution >= 0.6 is 11.8 Å². The molecule has 126 valence electrons. The molecule has 0 saturated carbocycles. The summed E-state index contributed by atoms with van der Waals surface area (Å²) in [6, 6.07) is 13.8. The zero-order chi connectivity index (χ0) is 17.1. The molecule has 0 atom stereocenters. The monoisotopic (exact) mass is 349 g/mol. The summed E-state index contributed by atoms with van der Waals surface area (Å²) in [5, 5.41) is 0.765. The minimum Gasteiger partial charge on any atom is -0.269 e. The summed E-state index contributed by atoms with van der Waals surface area (Å²) in [6.45, 7) is 0. The normalized spacial score (nSPS) is 13.4. The van der Waals surface area contributed by atoms with E-state index in [1.54, 1.807) is 22.5 Å². The van der Waals surface area contributed by atoms with Crippen LogP contribution in [-0.4, -0.2) is 14.5 Å². The SMILES string of the molecule is O=c1c2c(nc(SCc3cccnc3)n1-c1ccccc1)CCCC2. The highest BCUT2D eigenvalue weighted by Crippen LogP contribution is 2.25. The summed E-state index contributed by atoms with van der Waals surface area (Å²) >= 11 is 1.59. The van der Waals surface area contributed by atoms with Crippen molar-refractivity contribution in [2.75, 3.05) is 0 Å². The molecule has 25 heavy (non-hydrogen) atoms. The van der Waals surface area contributed by atoms with Gasteiger partial charge in [-0.3, -0.25) is 14.3 Å². The van der Waals surface area contributed by atoms with E-state index in [0.29, 0.717) is 0 Å². The number of fused-ring (bicyclic) bond motifs is 1. The van der Waals surface area contributed by atoms with Crippen molar-refractivity contribution in [1.82, 2.24) is 14.5 Å². The smallest absolute Gasteiger partial charge is 0.262 e. The molecule has 1 aromatic carbocycles. The Morgan fingerprint density at radius 3 is 2.68 bits per heavy atom. The van der Waals surface area contributed by atoms with Crippen molar-refractivity contribution in [3.8, 4) is 5.69 Å². The van der Waals surface area contributed by atoms with Crippen LogP contribution in [-0.2, 0) is 18.6 Å². The van der Waals surface area contributed by atoms with Gasteiger partial charge in [0.05, 0.1) is 11.4 Å².